The first-order valence-electron chi connectivity index (χ1n) is 12.5. The lowest BCUT2D eigenvalue weighted by Gasteiger charge is -2.34. The van der Waals surface area contributed by atoms with E-state index >= 15 is 0 Å². The molecule has 7 nitrogen and oxygen atoms in total. The van der Waals surface area contributed by atoms with Crippen LogP contribution in [-0.4, -0.2) is 37.0 Å². The standard InChI is InChI=1S/C29H33FN2O5/c1-19-23(16-17-37-19)29(34)32(18-20-12-14-21(30)15-13-20)26(28(33)31-22-8-5-4-6-9-22)24-10-7-11-25(35-2)27(24)36-3/h7,10-17,22,26H,4-6,8-9,18H2,1-3H3,(H,31,33)/t26-/m0/s1. The molecule has 1 aliphatic rings. The number of carbonyl (C=O) groups is 2. The van der Waals surface area contributed by atoms with Crippen molar-refractivity contribution in [3.63, 3.8) is 0 Å². The molecule has 2 amide bonds. The van der Waals surface area contributed by atoms with Gasteiger partial charge in [0.25, 0.3) is 5.91 Å². The lowest BCUT2D eigenvalue weighted by atomic mass is 9.94. The van der Waals surface area contributed by atoms with E-state index in [0.29, 0.717) is 33.9 Å². The Kier molecular flexibility index (Phi) is 8.48. The summed E-state index contributed by atoms with van der Waals surface area (Å²) in [5, 5.41) is 3.18. The Bertz CT molecular complexity index is 1220. The zero-order valence-corrected chi connectivity index (χ0v) is 21.5. The van der Waals surface area contributed by atoms with Gasteiger partial charge in [-0.1, -0.05) is 43.5 Å². The van der Waals surface area contributed by atoms with Gasteiger partial charge in [0, 0.05) is 18.2 Å². The summed E-state index contributed by atoms with van der Waals surface area (Å²) in [6.45, 7) is 1.76. The summed E-state index contributed by atoms with van der Waals surface area (Å²) >= 11 is 0. The quantitative estimate of drug-likeness (QED) is 0.408. The lowest BCUT2D eigenvalue weighted by Crippen LogP contribution is -2.47. The van der Waals surface area contributed by atoms with Crippen molar-refractivity contribution in [1.82, 2.24) is 10.2 Å². The highest BCUT2D eigenvalue weighted by atomic mass is 19.1. The van der Waals surface area contributed by atoms with E-state index in [1.165, 1.54) is 37.5 Å². The number of halogens is 1. The van der Waals surface area contributed by atoms with E-state index in [2.05, 4.69) is 5.32 Å². The predicted octanol–water partition coefficient (Wildman–Crippen LogP) is 5.58. The van der Waals surface area contributed by atoms with Gasteiger partial charge >= 0.3 is 0 Å². The molecule has 196 valence electrons. The first kappa shape index (κ1) is 26.3. The molecule has 1 saturated carbocycles. The Hall–Kier alpha value is -3.81. The highest BCUT2D eigenvalue weighted by Crippen LogP contribution is 2.39. The molecular weight excluding hydrogens is 475 g/mol. The molecule has 1 fully saturated rings. The molecule has 0 aliphatic heterocycles. The van der Waals surface area contributed by atoms with Crippen molar-refractivity contribution < 1.29 is 27.9 Å². The number of nitrogens with zero attached hydrogens (tertiary/aromatic N) is 1. The van der Waals surface area contributed by atoms with Crippen LogP contribution in [0, 0.1) is 12.7 Å². The largest absolute Gasteiger partial charge is 0.493 e. The third-order valence-electron chi connectivity index (χ3n) is 6.86. The van der Waals surface area contributed by atoms with Gasteiger partial charge in [-0.05, 0) is 49.6 Å². The average molecular weight is 509 g/mol. The van der Waals surface area contributed by atoms with E-state index in [-0.39, 0.29) is 30.2 Å². The molecular formula is C29H33FN2O5. The van der Waals surface area contributed by atoms with Crippen LogP contribution < -0.4 is 14.8 Å². The van der Waals surface area contributed by atoms with Gasteiger partial charge < -0.3 is 24.1 Å². The first-order valence-corrected chi connectivity index (χ1v) is 12.5. The Morgan fingerprint density at radius 2 is 1.78 bits per heavy atom. The summed E-state index contributed by atoms with van der Waals surface area (Å²) in [5.41, 5.74) is 1.51. The van der Waals surface area contributed by atoms with Crippen molar-refractivity contribution in [3.05, 3.63) is 83.1 Å². The summed E-state index contributed by atoms with van der Waals surface area (Å²) in [6, 6.07) is 11.7. The second-order valence-electron chi connectivity index (χ2n) is 9.28. The summed E-state index contributed by atoms with van der Waals surface area (Å²) in [5.74, 6) is 0.185. The molecule has 37 heavy (non-hydrogen) atoms. The second kappa shape index (κ2) is 12.0. The fourth-order valence-corrected chi connectivity index (χ4v) is 4.93. The monoisotopic (exact) mass is 508 g/mol. The molecule has 1 aliphatic carbocycles. The molecule has 0 unspecified atom stereocenters. The number of amides is 2. The van der Waals surface area contributed by atoms with E-state index in [1.807, 2.05) is 0 Å². The molecule has 3 aromatic rings. The summed E-state index contributed by atoms with van der Waals surface area (Å²) in [6.07, 6.45) is 6.46. The minimum Gasteiger partial charge on any atom is -0.493 e. The Morgan fingerprint density at radius 3 is 2.41 bits per heavy atom. The number of benzene rings is 2. The van der Waals surface area contributed by atoms with Crippen LogP contribution in [0.25, 0.3) is 0 Å². The van der Waals surface area contributed by atoms with Crippen LogP contribution in [-0.2, 0) is 11.3 Å². The van der Waals surface area contributed by atoms with Crippen LogP contribution in [0.2, 0.25) is 0 Å². The predicted molar refractivity (Wildman–Crippen MR) is 137 cm³/mol. The van der Waals surface area contributed by atoms with Crippen LogP contribution in [0.5, 0.6) is 11.5 Å². The lowest BCUT2D eigenvalue weighted by molar-refractivity contribution is -0.127. The second-order valence-corrected chi connectivity index (χ2v) is 9.28. The fraction of sp³-hybridized carbons (Fsp3) is 0.379. The minimum atomic E-state index is -1.04. The van der Waals surface area contributed by atoms with Crippen LogP contribution in [0.1, 0.15) is 65.4 Å². The zero-order chi connectivity index (χ0) is 26.4. The number of ether oxygens (including phenoxy) is 2. The topological polar surface area (TPSA) is 81.0 Å². The number of aryl methyl sites for hydroxylation is 1. The highest BCUT2D eigenvalue weighted by Gasteiger charge is 2.37. The van der Waals surface area contributed by atoms with Crippen LogP contribution >= 0.6 is 0 Å². The van der Waals surface area contributed by atoms with Gasteiger partial charge in [-0.25, -0.2) is 4.39 Å². The molecule has 2 aromatic carbocycles. The third kappa shape index (κ3) is 5.96. The molecule has 1 N–H and O–H groups in total. The van der Waals surface area contributed by atoms with E-state index in [0.717, 1.165) is 32.1 Å². The number of para-hydroxylation sites is 1. The normalized spacial score (nSPS) is 14.6. The van der Waals surface area contributed by atoms with E-state index < -0.39 is 6.04 Å². The summed E-state index contributed by atoms with van der Waals surface area (Å²) in [7, 11) is 3.03. The number of furan rings is 1. The van der Waals surface area contributed by atoms with Gasteiger partial charge in [0.05, 0.1) is 26.0 Å². The molecule has 0 bridgehead atoms. The third-order valence-corrected chi connectivity index (χ3v) is 6.86. The number of hydrogen-bond acceptors (Lipinski definition) is 5. The molecule has 0 spiro atoms. The number of rotatable bonds is 9. The molecule has 1 atom stereocenters. The van der Waals surface area contributed by atoms with Gasteiger partial charge in [0.1, 0.15) is 17.6 Å². The number of carbonyl (C=O) groups excluding carboxylic acids is 2. The summed E-state index contributed by atoms with van der Waals surface area (Å²) in [4.78, 5) is 29.5. The summed E-state index contributed by atoms with van der Waals surface area (Å²) < 4.78 is 30.3. The van der Waals surface area contributed by atoms with Gasteiger partial charge in [-0.15, -0.1) is 0 Å². The van der Waals surface area contributed by atoms with E-state index in [4.69, 9.17) is 13.9 Å². The van der Waals surface area contributed by atoms with Crippen LogP contribution in [0.4, 0.5) is 4.39 Å². The van der Waals surface area contributed by atoms with Crippen LogP contribution in [0.3, 0.4) is 0 Å². The van der Waals surface area contributed by atoms with Gasteiger partial charge in [0.2, 0.25) is 5.91 Å². The fourth-order valence-electron chi connectivity index (χ4n) is 4.93. The minimum absolute atomic E-state index is 0.0267. The van der Waals surface area contributed by atoms with Crippen LogP contribution in [0.15, 0.2) is 59.2 Å². The van der Waals surface area contributed by atoms with Gasteiger partial charge in [-0.2, -0.15) is 0 Å². The SMILES string of the molecule is COc1cccc([C@@H](C(=O)NC2CCCCC2)N(Cc2ccc(F)cc2)C(=O)c2ccoc2C)c1OC. The molecule has 4 rings (SSSR count). The smallest absolute Gasteiger partial charge is 0.258 e. The number of methoxy groups -OCH3 is 2. The molecule has 1 heterocycles. The Labute approximate surface area is 216 Å². The van der Waals surface area contributed by atoms with Crippen molar-refractivity contribution in [3.8, 4) is 11.5 Å². The molecule has 1 aromatic heterocycles. The maximum Gasteiger partial charge on any atom is 0.258 e. The molecule has 8 heteroatoms. The van der Waals surface area contributed by atoms with E-state index in [9.17, 15) is 14.0 Å². The maximum absolute atomic E-state index is 14.0. The van der Waals surface area contributed by atoms with Gasteiger partial charge in [-0.3, -0.25) is 9.59 Å². The zero-order valence-electron chi connectivity index (χ0n) is 21.5. The Morgan fingerprint density at radius 1 is 1.05 bits per heavy atom. The first-order chi connectivity index (χ1) is 17.9. The maximum atomic E-state index is 14.0. The van der Waals surface area contributed by atoms with Crippen molar-refractivity contribution in [2.45, 2.75) is 57.7 Å². The van der Waals surface area contributed by atoms with E-state index in [1.54, 1.807) is 43.3 Å². The number of hydrogen-bond donors (Lipinski definition) is 1. The molecule has 0 saturated heterocycles. The average Bonchev–Trinajstić information content (AvgIpc) is 3.35. The van der Waals surface area contributed by atoms with Crippen molar-refractivity contribution >= 4 is 11.8 Å². The van der Waals surface area contributed by atoms with Gasteiger partial charge in [0.15, 0.2) is 11.5 Å². The van der Waals surface area contributed by atoms with Crippen molar-refractivity contribution in [2.24, 2.45) is 0 Å². The van der Waals surface area contributed by atoms with Crippen molar-refractivity contribution in [2.75, 3.05) is 14.2 Å². The highest BCUT2D eigenvalue weighted by molar-refractivity contribution is 5.99. The number of nitrogens with one attached hydrogen (secondary N) is 1. The molecule has 0 radical (unpaired) electrons. The van der Waals surface area contributed by atoms with Crippen molar-refractivity contribution in [1.29, 1.82) is 0 Å². The Balaban J connectivity index is 1.83.